The third-order valence-electron chi connectivity index (χ3n) is 12.7. The quantitative estimate of drug-likeness (QED) is 0.309. The van der Waals surface area contributed by atoms with Crippen molar-refractivity contribution in [3.63, 3.8) is 0 Å². The Balaban J connectivity index is 1.19. The maximum absolute atomic E-state index is 17.1. The highest BCUT2D eigenvalue weighted by molar-refractivity contribution is 7.91. The summed E-state index contributed by atoms with van der Waals surface area (Å²) in [7, 11) is -2.65. The van der Waals surface area contributed by atoms with Crippen LogP contribution in [0.15, 0.2) is 30.4 Å². The number of nitrogens with zero attached hydrogens (tertiary/aromatic N) is 2. The molecule has 4 amide bonds. The standard InChI is InChI=1S/C42H53F2N5O9S/c1-38(2,3)58-37(53)46-29-12-10-8-6-7-9-11-25-20-41(25,36(52)48-59(54,55)39(4)17-18-39)47-34(50)30-21-40(23-49(30)35(29)51)22-42(43,44)31-27-19-26(56-5)15-16-28(27)45-32(24-13-14-24)33(31)57-40/h9,11,15-16,19,24-25,29-30H,6-8,10,12-14,17-18,20-23H2,1-5H3,(H,46,53)(H,47,50)(H,48,52)/b11-9-/t25-,29-,30-,40-,41+/m0/s1. The lowest BCUT2D eigenvalue weighted by molar-refractivity contribution is -0.141. The number of aromatic nitrogens is 1. The van der Waals surface area contributed by atoms with E-state index >= 15 is 8.78 Å². The molecule has 3 aliphatic carbocycles. The molecule has 0 radical (unpaired) electrons. The van der Waals surface area contributed by atoms with Gasteiger partial charge in [-0.25, -0.2) is 27.0 Å². The number of halogens is 2. The minimum absolute atomic E-state index is 0.0782. The highest BCUT2D eigenvalue weighted by Gasteiger charge is 2.65. The van der Waals surface area contributed by atoms with Crippen molar-refractivity contribution in [1.82, 2.24) is 25.2 Å². The first-order valence-electron chi connectivity index (χ1n) is 20.6. The second kappa shape index (κ2) is 14.3. The van der Waals surface area contributed by atoms with Crippen molar-refractivity contribution in [2.24, 2.45) is 5.92 Å². The van der Waals surface area contributed by atoms with E-state index in [-0.39, 0.29) is 41.9 Å². The Bertz CT molecular complexity index is 2240. The molecule has 320 valence electrons. The van der Waals surface area contributed by atoms with Crippen molar-refractivity contribution < 1.29 is 50.6 Å². The van der Waals surface area contributed by atoms with Crippen LogP contribution in [0.25, 0.3) is 10.9 Å². The third-order valence-corrected chi connectivity index (χ3v) is 14.8. The Labute approximate surface area is 342 Å². The summed E-state index contributed by atoms with van der Waals surface area (Å²) in [5.41, 5.74) is -3.94. The van der Waals surface area contributed by atoms with Gasteiger partial charge < -0.3 is 29.7 Å². The van der Waals surface area contributed by atoms with E-state index in [2.05, 4.69) is 15.4 Å². The smallest absolute Gasteiger partial charge is 0.408 e. The normalized spacial score (nSPS) is 30.6. The van der Waals surface area contributed by atoms with E-state index in [4.69, 9.17) is 19.2 Å². The minimum Gasteiger partial charge on any atom is -0.497 e. The Morgan fingerprint density at radius 3 is 2.49 bits per heavy atom. The predicted molar refractivity (Wildman–Crippen MR) is 211 cm³/mol. The second-order valence-corrected chi connectivity index (χ2v) is 20.8. The SMILES string of the molecule is COc1ccc2nc(C3CC3)c3c(c2c1)C(F)(F)C[C@]1(C[C@H]2C(=O)N[C@]4(C(=O)NS(=O)(=O)C5(C)CC5)C[C@@H]4/C=C\CCCCC[C@H](NC(=O)OC(C)(C)C)C(=O)N2C1)O3. The zero-order valence-corrected chi connectivity index (χ0v) is 34.9. The molecule has 1 aromatic heterocycles. The molecule has 6 aliphatic rings. The van der Waals surface area contributed by atoms with Crippen LogP contribution >= 0.6 is 0 Å². The van der Waals surface area contributed by atoms with Crippen LogP contribution < -0.4 is 24.8 Å². The Hall–Kier alpha value is -4.54. The highest BCUT2D eigenvalue weighted by Crippen LogP contribution is 2.58. The van der Waals surface area contributed by atoms with Crippen molar-refractivity contribution in [1.29, 1.82) is 0 Å². The highest BCUT2D eigenvalue weighted by atomic mass is 32.2. The van der Waals surface area contributed by atoms with Gasteiger partial charge in [-0.1, -0.05) is 25.0 Å². The Morgan fingerprint density at radius 1 is 1.07 bits per heavy atom. The van der Waals surface area contributed by atoms with Gasteiger partial charge in [0.05, 0.1) is 41.6 Å². The van der Waals surface area contributed by atoms with Crippen LogP contribution in [-0.2, 0) is 35.1 Å². The molecule has 1 aromatic carbocycles. The summed E-state index contributed by atoms with van der Waals surface area (Å²) in [6, 6.07) is 2.16. The summed E-state index contributed by atoms with van der Waals surface area (Å²) < 4.78 is 79.4. The molecule has 1 spiro atoms. The zero-order valence-electron chi connectivity index (χ0n) is 34.1. The van der Waals surface area contributed by atoms with Crippen molar-refractivity contribution >= 4 is 44.7 Å². The van der Waals surface area contributed by atoms with Crippen LogP contribution in [-0.4, -0.2) is 89.3 Å². The number of hydrogen-bond donors (Lipinski definition) is 3. The van der Waals surface area contributed by atoms with E-state index in [1.165, 1.54) is 18.1 Å². The first-order chi connectivity index (χ1) is 27.7. The topological polar surface area (TPSA) is 182 Å². The minimum atomic E-state index is -4.09. The van der Waals surface area contributed by atoms with Gasteiger partial charge in [0.25, 0.3) is 11.8 Å². The molecule has 5 atom stereocenters. The molecule has 2 aromatic rings. The number of allylic oxidation sites excluding steroid dienone is 1. The summed E-state index contributed by atoms with van der Waals surface area (Å²) in [4.78, 5) is 62.7. The molecular formula is C42H53F2N5O9S. The number of amides is 4. The molecule has 3 N–H and O–H groups in total. The fraction of sp³-hybridized carbons (Fsp3) is 0.643. The van der Waals surface area contributed by atoms with E-state index in [1.807, 2.05) is 6.08 Å². The maximum Gasteiger partial charge on any atom is 0.408 e. The van der Waals surface area contributed by atoms with Gasteiger partial charge in [0.15, 0.2) is 5.75 Å². The van der Waals surface area contributed by atoms with E-state index in [9.17, 15) is 27.6 Å². The molecule has 4 heterocycles. The van der Waals surface area contributed by atoms with Crippen LogP contribution in [0.1, 0.15) is 122 Å². The number of alkyl carbamates (subject to hydrolysis) is 1. The molecule has 3 aliphatic heterocycles. The van der Waals surface area contributed by atoms with Crippen LogP contribution in [0.3, 0.4) is 0 Å². The second-order valence-electron chi connectivity index (χ2n) is 18.6. The van der Waals surface area contributed by atoms with Crippen LogP contribution in [0.5, 0.6) is 11.5 Å². The van der Waals surface area contributed by atoms with Crippen molar-refractivity contribution in [2.45, 2.75) is 150 Å². The van der Waals surface area contributed by atoms with E-state index in [0.29, 0.717) is 55.5 Å². The predicted octanol–water partition coefficient (Wildman–Crippen LogP) is 5.62. The van der Waals surface area contributed by atoms with Crippen LogP contribution in [0.4, 0.5) is 13.6 Å². The van der Waals surface area contributed by atoms with Gasteiger partial charge in [-0.2, -0.15) is 0 Å². The number of carbonyl (C=O) groups is 4. The first kappa shape index (κ1) is 41.2. The van der Waals surface area contributed by atoms with Gasteiger partial charge >= 0.3 is 6.09 Å². The molecule has 14 nitrogen and oxygen atoms in total. The molecule has 0 unspecified atom stereocenters. The summed E-state index contributed by atoms with van der Waals surface area (Å²) >= 11 is 0. The number of rotatable bonds is 6. The van der Waals surface area contributed by atoms with Crippen molar-refractivity contribution in [3.8, 4) is 11.5 Å². The molecule has 0 bridgehead atoms. The number of methoxy groups -OCH3 is 1. The summed E-state index contributed by atoms with van der Waals surface area (Å²) in [6.45, 7) is 6.14. The molecule has 1 saturated heterocycles. The summed E-state index contributed by atoms with van der Waals surface area (Å²) in [6.07, 6.45) is 6.57. The van der Waals surface area contributed by atoms with Crippen molar-refractivity contribution in [3.05, 3.63) is 41.6 Å². The Morgan fingerprint density at radius 2 is 1.81 bits per heavy atom. The Kier molecular flexibility index (Phi) is 9.98. The van der Waals surface area contributed by atoms with Crippen molar-refractivity contribution in [2.75, 3.05) is 13.7 Å². The lowest BCUT2D eigenvalue weighted by atomic mass is 9.84. The number of hydrogen-bond acceptors (Lipinski definition) is 10. The van der Waals surface area contributed by atoms with Crippen LogP contribution in [0, 0.1) is 5.92 Å². The van der Waals surface area contributed by atoms with Gasteiger partial charge in [0.2, 0.25) is 21.8 Å². The number of benzene rings is 1. The van der Waals surface area contributed by atoms with E-state index in [0.717, 1.165) is 12.8 Å². The lowest BCUT2D eigenvalue weighted by Crippen LogP contribution is -2.58. The number of ether oxygens (including phenoxy) is 3. The largest absolute Gasteiger partial charge is 0.497 e. The van der Waals surface area contributed by atoms with Gasteiger partial charge in [-0.05, 0) is 97.3 Å². The van der Waals surface area contributed by atoms with Gasteiger partial charge in [0, 0.05) is 23.6 Å². The fourth-order valence-corrected chi connectivity index (χ4v) is 10.2. The third kappa shape index (κ3) is 7.83. The lowest BCUT2D eigenvalue weighted by Gasteiger charge is -2.40. The van der Waals surface area contributed by atoms with Gasteiger partial charge in [0.1, 0.15) is 34.6 Å². The van der Waals surface area contributed by atoms with Gasteiger partial charge in [-0.15, -0.1) is 0 Å². The first-order valence-corrected chi connectivity index (χ1v) is 22.1. The summed E-state index contributed by atoms with van der Waals surface area (Å²) in [5, 5.41) is 5.66. The number of alkyl halides is 2. The number of carbonyl (C=O) groups excluding carboxylic acids is 4. The number of sulfonamides is 1. The van der Waals surface area contributed by atoms with E-state index in [1.54, 1.807) is 45.9 Å². The fourth-order valence-electron chi connectivity index (χ4n) is 8.85. The molecule has 8 rings (SSSR count). The molecule has 59 heavy (non-hydrogen) atoms. The molecule has 4 fully saturated rings. The summed E-state index contributed by atoms with van der Waals surface area (Å²) in [5.74, 6) is -6.33. The average Bonchev–Trinajstić information content (AvgIpc) is 4.08. The maximum atomic E-state index is 17.1. The van der Waals surface area contributed by atoms with E-state index < -0.39 is 92.2 Å². The molecular weight excluding hydrogens is 789 g/mol. The number of fused-ring (bicyclic) bond motifs is 5. The number of pyridine rings is 1. The van der Waals surface area contributed by atoms with Gasteiger partial charge in [-0.3, -0.25) is 19.1 Å². The number of nitrogens with one attached hydrogen (secondary N) is 3. The average molecular weight is 842 g/mol. The molecule has 3 saturated carbocycles. The monoisotopic (exact) mass is 841 g/mol. The zero-order chi connectivity index (χ0) is 42.3. The van der Waals surface area contributed by atoms with Crippen LogP contribution in [0.2, 0.25) is 0 Å². The molecule has 17 heteroatoms.